The van der Waals surface area contributed by atoms with Gasteiger partial charge >= 0.3 is 0 Å². The van der Waals surface area contributed by atoms with Crippen LogP contribution in [0.3, 0.4) is 0 Å². The summed E-state index contributed by atoms with van der Waals surface area (Å²) in [5.41, 5.74) is 0.620. The SMILES string of the molecule is CN1CCN(C(=O)C(Cc2cccc(F)c2)NC(=O)C2(c3ccc(Cl)cc3Cl)CC2)CC1. The Balaban J connectivity index is 1.56. The van der Waals surface area contributed by atoms with Crippen LogP contribution in [0.5, 0.6) is 0 Å². The Morgan fingerprint density at radius 3 is 2.44 bits per heavy atom. The summed E-state index contributed by atoms with van der Waals surface area (Å²) in [7, 11) is 2.01. The molecule has 1 aliphatic carbocycles. The summed E-state index contributed by atoms with van der Waals surface area (Å²) in [5, 5.41) is 3.92. The van der Waals surface area contributed by atoms with Gasteiger partial charge in [0, 0.05) is 42.6 Å². The Hall–Kier alpha value is -2.15. The van der Waals surface area contributed by atoms with Crippen LogP contribution in [-0.4, -0.2) is 60.9 Å². The third-order valence-corrected chi connectivity index (χ3v) is 6.93. The van der Waals surface area contributed by atoms with Gasteiger partial charge in [-0.3, -0.25) is 9.59 Å². The van der Waals surface area contributed by atoms with Crippen molar-refractivity contribution in [1.29, 1.82) is 0 Å². The van der Waals surface area contributed by atoms with Gasteiger partial charge in [0.15, 0.2) is 0 Å². The lowest BCUT2D eigenvalue weighted by molar-refractivity contribution is -0.138. The zero-order valence-electron chi connectivity index (χ0n) is 17.9. The molecule has 1 atom stereocenters. The van der Waals surface area contributed by atoms with Crippen LogP contribution in [0.4, 0.5) is 4.39 Å². The molecule has 5 nitrogen and oxygen atoms in total. The molecule has 0 radical (unpaired) electrons. The molecule has 0 aromatic heterocycles. The van der Waals surface area contributed by atoms with Crippen molar-refractivity contribution in [2.45, 2.75) is 30.7 Å². The van der Waals surface area contributed by atoms with E-state index in [1.807, 2.05) is 7.05 Å². The second kappa shape index (κ2) is 9.38. The van der Waals surface area contributed by atoms with E-state index in [1.165, 1.54) is 12.1 Å². The number of likely N-dealkylation sites (N-methyl/N-ethyl adjacent to an activating group) is 1. The number of nitrogens with one attached hydrogen (secondary N) is 1. The van der Waals surface area contributed by atoms with Gasteiger partial charge in [0.2, 0.25) is 11.8 Å². The molecule has 1 unspecified atom stereocenters. The van der Waals surface area contributed by atoms with Gasteiger partial charge in [-0.15, -0.1) is 0 Å². The second-order valence-electron chi connectivity index (χ2n) is 8.69. The van der Waals surface area contributed by atoms with Gasteiger partial charge < -0.3 is 15.1 Å². The predicted octanol–water partition coefficient (Wildman–Crippen LogP) is 3.67. The van der Waals surface area contributed by atoms with Crippen LogP contribution in [0.15, 0.2) is 42.5 Å². The first-order valence-electron chi connectivity index (χ1n) is 10.8. The third-order valence-electron chi connectivity index (χ3n) is 6.38. The quantitative estimate of drug-likeness (QED) is 0.690. The summed E-state index contributed by atoms with van der Waals surface area (Å²) in [5.74, 6) is -0.745. The van der Waals surface area contributed by atoms with E-state index in [-0.39, 0.29) is 24.1 Å². The van der Waals surface area contributed by atoms with Crippen molar-refractivity contribution in [3.8, 4) is 0 Å². The van der Waals surface area contributed by atoms with E-state index in [0.29, 0.717) is 41.5 Å². The van der Waals surface area contributed by atoms with Gasteiger partial charge in [0.05, 0.1) is 5.41 Å². The monoisotopic (exact) mass is 477 g/mol. The maximum atomic E-state index is 13.8. The number of hydrogen-bond donors (Lipinski definition) is 1. The van der Waals surface area contributed by atoms with E-state index in [9.17, 15) is 14.0 Å². The third kappa shape index (κ3) is 4.92. The first-order chi connectivity index (χ1) is 15.3. The largest absolute Gasteiger partial charge is 0.343 e. The van der Waals surface area contributed by atoms with Gasteiger partial charge in [-0.2, -0.15) is 0 Å². The van der Waals surface area contributed by atoms with E-state index < -0.39 is 11.5 Å². The Kier molecular flexibility index (Phi) is 6.75. The highest BCUT2D eigenvalue weighted by Crippen LogP contribution is 2.51. The number of amides is 2. The van der Waals surface area contributed by atoms with Gasteiger partial charge in [0.1, 0.15) is 11.9 Å². The summed E-state index contributed by atoms with van der Waals surface area (Å²) in [6.45, 7) is 2.74. The van der Waals surface area contributed by atoms with Gasteiger partial charge in [-0.05, 0) is 55.3 Å². The molecule has 8 heteroatoms. The van der Waals surface area contributed by atoms with E-state index >= 15 is 0 Å². The molecule has 0 spiro atoms. The molecule has 1 heterocycles. The highest BCUT2D eigenvalue weighted by atomic mass is 35.5. The van der Waals surface area contributed by atoms with Crippen molar-refractivity contribution >= 4 is 35.0 Å². The highest BCUT2D eigenvalue weighted by molar-refractivity contribution is 6.35. The van der Waals surface area contributed by atoms with Crippen LogP contribution < -0.4 is 5.32 Å². The Morgan fingerprint density at radius 1 is 1.09 bits per heavy atom. The average molecular weight is 478 g/mol. The topological polar surface area (TPSA) is 52.6 Å². The van der Waals surface area contributed by atoms with Crippen LogP contribution in [0.25, 0.3) is 0 Å². The number of nitrogens with zero attached hydrogens (tertiary/aromatic N) is 2. The van der Waals surface area contributed by atoms with Crippen LogP contribution in [0.2, 0.25) is 10.0 Å². The normalized spacial score (nSPS) is 18.8. The minimum absolute atomic E-state index is 0.145. The maximum Gasteiger partial charge on any atom is 0.245 e. The van der Waals surface area contributed by atoms with Crippen molar-refractivity contribution in [3.63, 3.8) is 0 Å². The Labute approximate surface area is 197 Å². The number of rotatable bonds is 6. The number of carbonyl (C=O) groups excluding carboxylic acids is 2. The average Bonchev–Trinajstić information content (AvgIpc) is 3.55. The molecule has 2 amide bonds. The molecule has 4 rings (SSSR count). The zero-order chi connectivity index (χ0) is 22.9. The van der Waals surface area contributed by atoms with E-state index in [1.54, 1.807) is 35.2 Å². The van der Waals surface area contributed by atoms with E-state index in [2.05, 4.69) is 10.2 Å². The second-order valence-corrected chi connectivity index (χ2v) is 9.54. The maximum absolute atomic E-state index is 13.8. The molecule has 1 saturated carbocycles. The van der Waals surface area contributed by atoms with E-state index in [4.69, 9.17) is 23.2 Å². The standard InChI is InChI=1S/C24H26Cl2FN3O2/c1-29-9-11-30(12-10-29)22(31)21(14-16-3-2-4-18(27)13-16)28-23(32)24(7-8-24)19-6-5-17(25)15-20(19)26/h2-6,13,15,21H,7-12,14H2,1H3,(H,28,32). The number of hydrogen-bond acceptors (Lipinski definition) is 3. The molecule has 1 saturated heterocycles. The molecule has 1 N–H and O–H groups in total. The molecule has 2 fully saturated rings. The van der Waals surface area contributed by atoms with Crippen molar-refractivity contribution in [2.24, 2.45) is 0 Å². The Bertz CT molecular complexity index is 1020. The first kappa shape index (κ1) is 23.0. The lowest BCUT2D eigenvalue weighted by Gasteiger charge is -2.35. The van der Waals surface area contributed by atoms with Crippen molar-refractivity contribution in [1.82, 2.24) is 15.1 Å². The molecule has 32 heavy (non-hydrogen) atoms. The molecule has 2 aromatic rings. The zero-order valence-corrected chi connectivity index (χ0v) is 19.4. The van der Waals surface area contributed by atoms with Crippen LogP contribution in [0.1, 0.15) is 24.0 Å². The van der Waals surface area contributed by atoms with Crippen LogP contribution in [-0.2, 0) is 21.4 Å². The lowest BCUT2D eigenvalue weighted by Crippen LogP contribution is -2.56. The molecule has 0 bridgehead atoms. The highest BCUT2D eigenvalue weighted by Gasteiger charge is 2.53. The minimum atomic E-state index is -0.781. The molecule has 2 aromatic carbocycles. The summed E-state index contributed by atoms with van der Waals surface area (Å²) in [6.07, 6.45) is 1.52. The van der Waals surface area contributed by atoms with Gasteiger partial charge in [-0.1, -0.05) is 41.4 Å². The lowest BCUT2D eigenvalue weighted by atomic mass is 9.93. The molecular formula is C24H26Cl2FN3O2. The molecule has 1 aliphatic heterocycles. The minimum Gasteiger partial charge on any atom is -0.343 e. The van der Waals surface area contributed by atoms with Gasteiger partial charge in [-0.25, -0.2) is 4.39 Å². The number of carbonyl (C=O) groups is 2. The smallest absolute Gasteiger partial charge is 0.245 e. The molecular weight excluding hydrogens is 452 g/mol. The number of benzene rings is 2. The fourth-order valence-electron chi connectivity index (χ4n) is 4.26. The van der Waals surface area contributed by atoms with Crippen molar-refractivity contribution in [3.05, 3.63) is 69.5 Å². The molecule has 170 valence electrons. The summed E-state index contributed by atoms with van der Waals surface area (Å²) in [6, 6.07) is 10.5. The van der Waals surface area contributed by atoms with Crippen LogP contribution in [0, 0.1) is 5.82 Å². The number of halogens is 3. The summed E-state index contributed by atoms with van der Waals surface area (Å²) < 4.78 is 13.8. The fraction of sp³-hybridized carbons (Fsp3) is 0.417. The van der Waals surface area contributed by atoms with Crippen molar-refractivity contribution in [2.75, 3.05) is 33.2 Å². The molecule has 2 aliphatic rings. The first-order valence-corrected chi connectivity index (χ1v) is 11.5. The van der Waals surface area contributed by atoms with Crippen LogP contribution >= 0.6 is 23.2 Å². The summed E-state index contributed by atoms with van der Waals surface area (Å²) in [4.78, 5) is 30.7. The number of piperazine rings is 1. The predicted molar refractivity (Wildman–Crippen MR) is 123 cm³/mol. The summed E-state index contributed by atoms with van der Waals surface area (Å²) >= 11 is 12.4. The van der Waals surface area contributed by atoms with Gasteiger partial charge in [0.25, 0.3) is 0 Å². The van der Waals surface area contributed by atoms with E-state index in [0.717, 1.165) is 18.7 Å². The Morgan fingerprint density at radius 2 is 1.81 bits per heavy atom. The van der Waals surface area contributed by atoms with Crippen molar-refractivity contribution < 1.29 is 14.0 Å². The fourth-order valence-corrected chi connectivity index (χ4v) is 4.85.